The molecule has 0 aliphatic carbocycles. The van der Waals surface area contributed by atoms with Crippen LogP contribution in [0.15, 0.2) is 48.5 Å². The fourth-order valence-electron chi connectivity index (χ4n) is 3.06. The molecule has 2 N–H and O–H groups in total. The van der Waals surface area contributed by atoms with E-state index in [1.165, 1.54) is 0 Å². The van der Waals surface area contributed by atoms with Crippen molar-refractivity contribution in [2.45, 2.75) is 0 Å². The van der Waals surface area contributed by atoms with Gasteiger partial charge in [-0.05, 0) is 36.4 Å². The third-order valence-corrected chi connectivity index (χ3v) is 4.85. The number of benzene rings is 2. The second-order valence-corrected chi connectivity index (χ2v) is 6.85. The van der Waals surface area contributed by atoms with E-state index in [1.807, 2.05) is 29.2 Å². The molecule has 0 bridgehead atoms. The summed E-state index contributed by atoms with van der Waals surface area (Å²) >= 11 is 6.25. The first-order valence-corrected chi connectivity index (χ1v) is 9.39. The number of carbonyl (C=O) groups excluding carboxylic acids is 2. The van der Waals surface area contributed by atoms with E-state index in [-0.39, 0.29) is 12.5 Å². The number of halogens is 1. The van der Waals surface area contributed by atoms with Gasteiger partial charge in [-0.15, -0.1) is 0 Å². The Bertz CT molecular complexity index is 820. The molecule has 1 aliphatic rings. The summed E-state index contributed by atoms with van der Waals surface area (Å²) in [4.78, 5) is 28.3. The van der Waals surface area contributed by atoms with E-state index in [4.69, 9.17) is 16.3 Å². The summed E-state index contributed by atoms with van der Waals surface area (Å²) in [6.45, 7) is 3.16. The van der Waals surface area contributed by atoms with Crippen LogP contribution in [-0.2, 0) is 4.79 Å². The van der Waals surface area contributed by atoms with E-state index >= 15 is 0 Å². The van der Waals surface area contributed by atoms with Gasteiger partial charge in [-0.2, -0.15) is 0 Å². The van der Waals surface area contributed by atoms with Crippen LogP contribution in [0.5, 0.6) is 5.75 Å². The lowest BCUT2D eigenvalue weighted by Crippen LogP contribution is -2.50. The van der Waals surface area contributed by atoms with E-state index in [1.54, 1.807) is 31.4 Å². The van der Waals surface area contributed by atoms with Gasteiger partial charge in [-0.25, -0.2) is 4.79 Å². The van der Waals surface area contributed by atoms with Crippen molar-refractivity contribution in [1.82, 2.24) is 10.2 Å². The first-order chi connectivity index (χ1) is 13.5. The monoisotopic (exact) mass is 402 g/mol. The lowest BCUT2D eigenvalue weighted by atomic mass is 10.2. The molecule has 0 saturated carbocycles. The first kappa shape index (κ1) is 20.0. The topological polar surface area (TPSA) is 73.9 Å². The summed E-state index contributed by atoms with van der Waals surface area (Å²) < 4.78 is 5.07. The van der Waals surface area contributed by atoms with Crippen LogP contribution in [-0.4, -0.2) is 56.7 Å². The third kappa shape index (κ3) is 5.37. The number of urea groups is 1. The highest BCUT2D eigenvalue weighted by Gasteiger charge is 2.21. The maximum Gasteiger partial charge on any atom is 0.325 e. The van der Waals surface area contributed by atoms with Crippen molar-refractivity contribution in [1.29, 1.82) is 0 Å². The summed E-state index contributed by atoms with van der Waals surface area (Å²) in [5, 5.41) is 5.71. The molecule has 3 amide bonds. The number of hydrogen-bond donors (Lipinski definition) is 2. The fraction of sp³-hybridized carbons (Fsp3) is 0.300. The quantitative estimate of drug-likeness (QED) is 0.804. The Labute approximate surface area is 169 Å². The van der Waals surface area contributed by atoms with Crippen LogP contribution >= 0.6 is 11.6 Å². The predicted molar refractivity (Wildman–Crippen MR) is 110 cm³/mol. The van der Waals surface area contributed by atoms with Crippen molar-refractivity contribution in [3.05, 3.63) is 53.6 Å². The molecule has 1 heterocycles. The maximum absolute atomic E-state index is 12.1. The van der Waals surface area contributed by atoms with Crippen LogP contribution in [0.1, 0.15) is 0 Å². The number of imide groups is 1. The average Bonchev–Trinajstić information content (AvgIpc) is 2.69. The van der Waals surface area contributed by atoms with E-state index in [0.717, 1.165) is 36.9 Å². The number of anilines is 2. The number of nitrogens with zero attached hydrogens (tertiary/aromatic N) is 2. The van der Waals surface area contributed by atoms with Crippen molar-refractivity contribution in [2.75, 3.05) is 50.1 Å². The molecule has 0 atom stereocenters. The van der Waals surface area contributed by atoms with E-state index in [2.05, 4.69) is 15.5 Å². The van der Waals surface area contributed by atoms with Gasteiger partial charge >= 0.3 is 6.03 Å². The Balaban J connectivity index is 1.42. The second kappa shape index (κ2) is 9.43. The Morgan fingerprint density at radius 1 is 1.04 bits per heavy atom. The molecule has 148 valence electrons. The fourth-order valence-corrected chi connectivity index (χ4v) is 3.32. The van der Waals surface area contributed by atoms with Crippen LogP contribution in [0.25, 0.3) is 0 Å². The standard InChI is InChI=1S/C20H23ClN4O3/c1-28-16-8-6-15(7-9-16)22-20(27)23-19(26)14-24-10-12-25(13-11-24)18-5-3-2-4-17(18)21/h2-9H,10-14H2,1H3,(H2,22,23,26,27). The molecule has 7 nitrogen and oxygen atoms in total. The summed E-state index contributed by atoms with van der Waals surface area (Å²) in [6.07, 6.45) is 0. The maximum atomic E-state index is 12.1. The zero-order valence-electron chi connectivity index (χ0n) is 15.7. The van der Waals surface area contributed by atoms with Gasteiger partial charge in [0.05, 0.1) is 24.4 Å². The summed E-state index contributed by atoms with van der Waals surface area (Å²) in [5.74, 6) is 0.357. The Morgan fingerprint density at radius 3 is 2.36 bits per heavy atom. The molecule has 0 unspecified atom stereocenters. The van der Waals surface area contributed by atoms with E-state index in [9.17, 15) is 9.59 Å². The lowest BCUT2D eigenvalue weighted by molar-refractivity contribution is -0.121. The summed E-state index contributed by atoms with van der Waals surface area (Å²) in [7, 11) is 1.57. The molecule has 0 radical (unpaired) electrons. The predicted octanol–water partition coefficient (Wildman–Crippen LogP) is 2.82. The van der Waals surface area contributed by atoms with Crippen LogP contribution in [0.4, 0.5) is 16.2 Å². The Morgan fingerprint density at radius 2 is 1.71 bits per heavy atom. The normalized spacial score (nSPS) is 14.4. The second-order valence-electron chi connectivity index (χ2n) is 6.45. The minimum atomic E-state index is -0.551. The lowest BCUT2D eigenvalue weighted by Gasteiger charge is -2.36. The van der Waals surface area contributed by atoms with Gasteiger partial charge in [0.25, 0.3) is 0 Å². The number of nitrogens with one attached hydrogen (secondary N) is 2. The summed E-state index contributed by atoms with van der Waals surface area (Å²) in [6, 6.07) is 14.1. The Hall–Kier alpha value is -2.77. The molecular weight excluding hydrogens is 380 g/mol. The highest BCUT2D eigenvalue weighted by atomic mass is 35.5. The van der Waals surface area contributed by atoms with Gasteiger partial charge in [0.1, 0.15) is 5.75 Å². The van der Waals surface area contributed by atoms with Gasteiger partial charge in [0.2, 0.25) is 5.91 Å². The van der Waals surface area contributed by atoms with Crippen molar-refractivity contribution >= 4 is 34.9 Å². The summed E-state index contributed by atoms with van der Waals surface area (Å²) in [5.41, 5.74) is 1.59. The molecular formula is C20H23ClN4O3. The number of methoxy groups -OCH3 is 1. The van der Waals surface area contributed by atoms with Gasteiger partial charge in [-0.3, -0.25) is 15.0 Å². The Kier molecular flexibility index (Phi) is 6.73. The SMILES string of the molecule is COc1ccc(NC(=O)NC(=O)CN2CCN(c3ccccc3Cl)CC2)cc1. The van der Waals surface area contributed by atoms with Crippen LogP contribution in [0.2, 0.25) is 5.02 Å². The number of para-hydroxylation sites is 1. The molecule has 0 spiro atoms. The first-order valence-electron chi connectivity index (χ1n) is 9.02. The largest absolute Gasteiger partial charge is 0.497 e. The molecule has 1 saturated heterocycles. The molecule has 3 rings (SSSR count). The van der Waals surface area contributed by atoms with Crippen molar-refractivity contribution < 1.29 is 14.3 Å². The smallest absolute Gasteiger partial charge is 0.325 e. The van der Waals surface area contributed by atoms with Crippen molar-refractivity contribution in [3.8, 4) is 5.75 Å². The minimum absolute atomic E-state index is 0.173. The zero-order chi connectivity index (χ0) is 19.9. The van der Waals surface area contributed by atoms with Gasteiger partial charge < -0.3 is 15.0 Å². The van der Waals surface area contributed by atoms with E-state index < -0.39 is 6.03 Å². The third-order valence-electron chi connectivity index (χ3n) is 4.53. The number of piperazine rings is 1. The zero-order valence-corrected chi connectivity index (χ0v) is 16.4. The number of hydrogen-bond acceptors (Lipinski definition) is 5. The van der Waals surface area contributed by atoms with Gasteiger partial charge in [0, 0.05) is 31.9 Å². The van der Waals surface area contributed by atoms with E-state index in [0.29, 0.717) is 11.4 Å². The molecule has 1 fully saturated rings. The molecule has 8 heteroatoms. The van der Waals surface area contributed by atoms with Crippen LogP contribution in [0.3, 0.4) is 0 Å². The van der Waals surface area contributed by atoms with Crippen molar-refractivity contribution in [2.24, 2.45) is 0 Å². The van der Waals surface area contributed by atoms with Crippen molar-refractivity contribution in [3.63, 3.8) is 0 Å². The van der Waals surface area contributed by atoms with Crippen LogP contribution < -0.4 is 20.3 Å². The highest BCUT2D eigenvalue weighted by molar-refractivity contribution is 6.33. The number of rotatable bonds is 5. The number of ether oxygens (including phenoxy) is 1. The molecule has 1 aliphatic heterocycles. The molecule has 0 aromatic heterocycles. The van der Waals surface area contributed by atoms with Gasteiger partial charge in [-0.1, -0.05) is 23.7 Å². The average molecular weight is 403 g/mol. The molecule has 28 heavy (non-hydrogen) atoms. The minimum Gasteiger partial charge on any atom is -0.497 e. The number of carbonyl (C=O) groups is 2. The number of amides is 3. The van der Waals surface area contributed by atoms with Crippen LogP contribution in [0, 0.1) is 0 Å². The molecule has 2 aromatic rings. The van der Waals surface area contributed by atoms with Gasteiger partial charge in [0.15, 0.2) is 0 Å². The highest BCUT2D eigenvalue weighted by Crippen LogP contribution is 2.25. The molecule has 2 aromatic carbocycles.